The molecule has 3 N–H and O–H groups in total. The van der Waals surface area contributed by atoms with Gasteiger partial charge in [0.25, 0.3) is 5.91 Å². The fourth-order valence-corrected chi connectivity index (χ4v) is 10.6. The van der Waals surface area contributed by atoms with Gasteiger partial charge in [0.15, 0.2) is 17.2 Å². The van der Waals surface area contributed by atoms with E-state index in [4.69, 9.17) is 5.10 Å². The molecule has 1 saturated carbocycles. The highest BCUT2D eigenvalue weighted by molar-refractivity contribution is 6.00. The third-order valence-corrected chi connectivity index (χ3v) is 14.5. The second-order valence-electron chi connectivity index (χ2n) is 17.9. The third kappa shape index (κ3) is 6.12. The molecule has 1 aliphatic carbocycles. The Bertz CT molecular complexity index is 2620. The Kier molecular flexibility index (Phi) is 8.73. The molecule has 4 saturated heterocycles. The van der Waals surface area contributed by atoms with Crippen molar-refractivity contribution in [3.8, 4) is 0 Å². The Morgan fingerprint density at radius 3 is 2.38 bits per heavy atom. The van der Waals surface area contributed by atoms with Crippen molar-refractivity contribution in [2.75, 3.05) is 72.9 Å². The van der Waals surface area contributed by atoms with Gasteiger partial charge >= 0.3 is 5.69 Å². The normalized spacial score (nSPS) is 22.1. The zero-order valence-electron chi connectivity index (χ0n) is 34.3. The molecule has 16 heteroatoms. The average molecular weight is 813 g/mol. The van der Waals surface area contributed by atoms with Crippen molar-refractivity contribution in [2.24, 2.45) is 12.5 Å². The van der Waals surface area contributed by atoms with Crippen LogP contribution in [0.15, 0.2) is 53.5 Å². The molecule has 5 aliphatic heterocycles. The van der Waals surface area contributed by atoms with Crippen molar-refractivity contribution in [3.05, 3.63) is 70.4 Å². The van der Waals surface area contributed by atoms with Gasteiger partial charge in [-0.3, -0.25) is 33.7 Å². The van der Waals surface area contributed by atoms with Gasteiger partial charge in [-0.2, -0.15) is 0 Å². The Morgan fingerprint density at radius 1 is 0.867 bits per heavy atom. The Morgan fingerprint density at radius 2 is 1.63 bits per heavy atom. The van der Waals surface area contributed by atoms with Crippen LogP contribution in [0.5, 0.6) is 0 Å². The topological polar surface area (TPSA) is 157 Å². The number of likely N-dealkylation sites (tertiary alicyclic amines) is 1. The minimum atomic E-state index is -0.678. The number of benzene rings is 2. The number of piperidine rings is 3. The summed E-state index contributed by atoms with van der Waals surface area (Å²) in [7, 11) is 3.64. The summed E-state index contributed by atoms with van der Waals surface area (Å²) < 4.78 is 4.86. The molecule has 1 unspecified atom stereocenters. The summed E-state index contributed by atoms with van der Waals surface area (Å²) in [5, 5.41) is 13.7. The highest BCUT2D eigenvalue weighted by Crippen LogP contribution is 2.45. The molecule has 2 aromatic carbocycles. The maximum atomic E-state index is 13.3. The number of nitrogens with one attached hydrogen (secondary N) is 3. The quantitative estimate of drug-likeness (QED) is 0.197. The fraction of sp³-hybridized carbons (Fsp3) is 0.500. The number of amides is 3. The number of aromatic nitrogens is 5. The van der Waals surface area contributed by atoms with Gasteiger partial charge in [-0.15, -0.1) is 5.10 Å². The fourth-order valence-electron chi connectivity index (χ4n) is 10.6. The second-order valence-corrected chi connectivity index (χ2v) is 17.9. The molecule has 312 valence electrons. The van der Waals surface area contributed by atoms with Crippen molar-refractivity contribution in [2.45, 2.75) is 75.9 Å². The number of carbonyl (C=O) groups excluding carboxylic acids is 3. The molecular formula is C44H52N12O4. The van der Waals surface area contributed by atoms with Crippen molar-refractivity contribution < 1.29 is 14.4 Å². The van der Waals surface area contributed by atoms with Crippen molar-refractivity contribution in [1.82, 2.24) is 39.3 Å². The number of fused-ring (bicyclic) bond motifs is 3. The molecule has 60 heavy (non-hydrogen) atoms. The first kappa shape index (κ1) is 37.1. The van der Waals surface area contributed by atoms with Crippen LogP contribution in [0.3, 0.4) is 0 Å². The van der Waals surface area contributed by atoms with Gasteiger partial charge in [0.2, 0.25) is 11.8 Å². The number of aryl methyl sites for hydroxylation is 1. The summed E-state index contributed by atoms with van der Waals surface area (Å²) in [5.41, 5.74) is 8.56. The Labute approximate surface area is 347 Å². The van der Waals surface area contributed by atoms with E-state index in [1.807, 2.05) is 19.2 Å². The monoisotopic (exact) mass is 812 g/mol. The van der Waals surface area contributed by atoms with Gasteiger partial charge in [0.05, 0.1) is 22.9 Å². The molecule has 5 fully saturated rings. The molecule has 3 aromatic heterocycles. The van der Waals surface area contributed by atoms with Gasteiger partial charge in [-0.05, 0) is 100 Å². The smallest absolute Gasteiger partial charge is 0.329 e. The Hall–Kier alpha value is -5.90. The van der Waals surface area contributed by atoms with Gasteiger partial charge < -0.3 is 25.3 Å². The predicted octanol–water partition coefficient (Wildman–Crippen LogP) is 3.56. The van der Waals surface area contributed by atoms with Crippen LogP contribution in [-0.2, 0) is 23.1 Å². The van der Waals surface area contributed by atoms with Crippen LogP contribution in [0.4, 0.5) is 28.6 Å². The molecule has 1 spiro atoms. The molecule has 1 atom stereocenters. The lowest BCUT2D eigenvalue weighted by atomic mass is 9.71. The Balaban J connectivity index is 0.717. The van der Waals surface area contributed by atoms with Crippen LogP contribution in [0.2, 0.25) is 0 Å². The number of carbonyl (C=O) groups is 3. The minimum Gasteiger partial charge on any atom is -0.385 e. The summed E-state index contributed by atoms with van der Waals surface area (Å²) in [5.74, 6) is -0.0327. The van der Waals surface area contributed by atoms with Gasteiger partial charge in [-0.25, -0.2) is 14.3 Å². The molecule has 11 rings (SSSR count). The van der Waals surface area contributed by atoms with Gasteiger partial charge in [-0.1, -0.05) is 6.07 Å². The van der Waals surface area contributed by atoms with Crippen molar-refractivity contribution >= 4 is 63.0 Å². The van der Waals surface area contributed by atoms with E-state index in [9.17, 15) is 19.2 Å². The molecule has 3 amide bonds. The molecule has 16 nitrogen and oxygen atoms in total. The molecule has 0 radical (unpaired) electrons. The van der Waals surface area contributed by atoms with Crippen LogP contribution in [0.25, 0.3) is 16.7 Å². The lowest BCUT2D eigenvalue weighted by Crippen LogP contribution is -2.62. The molecule has 5 aromatic rings. The maximum absolute atomic E-state index is 13.3. The zero-order chi connectivity index (χ0) is 40.9. The van der Waals surface area contributed by atoms with Gasteiger partial charge in [0.1, 0.15) is 6.04 Å². The van der Waals surface area contributed by atoms with Crippen LogP contribution in [0.1, 0.15) is 73.5 Å². The molecular weight excluding hydrogens is 761 g/mol. The van der Waals surface area contributed by atoms with E-state index < -0.39 is 11.9 Å². The first-order valence-corrected chi connectivity index (χ1v) is 21.7. The van der Waals surface area contributed by atoms with E-state index >= 15 is 0 Å². The molecule has 8 heterocycles. The lowest BCUT2D eigenvalue weighted by molar-refractivity contribution is -0.135. The summed E-state index contributed by atoms with van der Waals surface area (Å²) >= 11 is 0. The first-order valence-electron chi connectivity index (χ1n) is 21.7. The van der Waals surface area contributed by atoms with E-state index in [2.05, 4.69) is 70.9 Å². The van der Waals surface area contributed by atoms with E-state index in [0.717, 1.165) is 106 Å². The number of imide groups is 1. The number of nitrogens with zero attached hydrogens (tertiary/aromatic N) is 9. The van der Waals surface area contributed by atoms with Crippen LogP contribution in [0, 0.1) is 5.41 Å². The number of rotatable bonds is 8. The molecule has 0 bridgehead atoms. The van der Waals surface area contributed by atoms with E-state index in [0.29, 0.717) is 29.2 Å². The first-order chi connectivity index (χ1) is 29.2. The van der Waals surface area contributed by atoms with E-state index in [-0.39, 0.29) is 30.0 Å². The predicted molar refractivity (Wildman–Crippen MR) is 229 cm³/mol. The van der Waals surface area contributed by atoms with Crippen molar-refractivity contribution in [1.29, 1.82) is 0 Å². The number of hydrogen-bond donors (Lipinski definition) is 3. The number of anilines is 5. The number of hydrogen-bond acceptors (Lipinski definition) is 11. The summed E-state index contributed by atoms with van der Waals surface area (Å²) in [6.45, 7) is 7.14. The lowest BCUT2D eigenvalue weighted by Gasteiger charge is -2.53. The average Bonchev–Trinajstić information content (AvgIpc) is 3.67. The molecule has 6 aliphatic rings. The largest absolute Gasteiger partial charge is 0.385 e. The number of imidazole rings is 2. The summed E-state index contributed by atoms with van der Waals surface area (Å²) in [6.07, 6.45) is 9.92. The minimum absolute atomic E-state index is 0.133. The summed E-state index contributed by atoms with van der Waals surface area (Å²) in [6, 6.07) is 14.9. The zero-order valence-corrected chi connectivity index (χ0v) is 34.3. The highest BCUT2D eigenvalue weighted by atomic mass is 16.2. The SMILES string of the molecule is CNc1cc(N2CCc3c(N4CC(N5CCC6(CCN(c7ccc8c(c7)n(C)c(=O)n8C7CCC(=O)NC7=O)CC6)CC5)C4)cccc32)nn2c(C(=O)NC3CC3)cnc12. The maximum Gasteiger partial charge on any atom is 0.329 e. The van der Waals surface area contributed by atoms with E-state index in [1.54, 1.807) is 26.9 Å². The second kappa shape index (κ2) is 14.1. The van der Waals surface area contributed by atoms with Crippen LogP contribution in [-0.4, -0.2) is 111 Å². The highest BCUT2D eigenvalue weighted by Gasteiger charge is 2.42. The standard InChI is InChI=1S/C44H52N12O4/c1-45-31-23-38(49-56-37(24-46-40(31)56)42(59)47-27-6-7-27)54-17-12-30-32(4-3-5-33(30)54)53-25-29(26-53)52-20-15-44(16-21-52)13-18-51(19-14-44)28-8-9-34-36(22-28)50(2)43(60)55(34)35-10-11-39(57)48-41(35)58/h3-5,8-9,22-24,27,29,35,45H,6-7,10-21,25-26H2,1-2H3,(H,47,59)(H,48,57,58). The van der Waals surface area contributed by atoms with E-state index in [1.165, 1.54) is 29.8 Å². The summed E-state index contributed by atoms with van der Waals surface area (Å²) in [4.78, 5) is 65.3. The van der Waals surface area contributed by atoms with Gasteiger partial charge in [0, 0.05) is 94.0 Å². The van der Waals surface area contributed by atoms with Crippen LogP contribution < -0.4 is 36.3 Å². The third-order valence-electron chi connectivity index (χ3n) is 14.5. The van der Waals surface area contributed by atoms with Crippen molar-refractivity contribution in [3.63, 3.8) is 0 Å². The van der Waals surface area contributed by atoms with Crippen LogP contribution >= 0.6 is 0 Å².